The summed E-state index contributed by atoms with van der Waals surface area (Å²) >= 11 is 0. The molecule has 0 aliphatic carbocycles. The largest absolute Gasteiger partial charge is 0.496 e. The van der Waals surface area contributed by atoms with Crippen LogP contribution >= 0.6 is 7.80 Å². The van der Waals surface area contributed by atoms with Gasteiger partial charge in [-0.1, -0.05) is 47.7 Å². The molecule has 0 heterocycles. The van der Waals surface area contributed by atoms with Crippen molar-refractivity contribution in [1.29, 1.82) is 0 Å². The van der Waals surface area contributed by atoms with Gasteiger partial charge >= 0.3 is 13.3 Å². The minimum atomic E-state index is -2.03. The first kappa shape index (κ1) is 22.9. The second-order valence-corrected chi connectivity index (χ2v) is 8.43. The average Bonchev–Trinajstić information content (AvgIpc) is 2.77. The molecule has 0 fully saturated rings. The van der Waals surface area contributed by atoms with E-state index < -0.39 is 13.3 Å². The summed E-state index contributed by atoms with van der Waals surface area (Å²) in [6, 6.07) is 13.7. The van der Waals surface area contributed by atoms with Gasteiger partial charge in [-0.25, -0.2) is 4.79 Å². The van der Waals surface area contributed by atoms with E-state index in [4.69, 9.17) is 14.2 Å². The van der Waals surface area contributed by atoms with Crippen LogP contribution in [0.4, 0.5) is 0 Å². The Morgan fingerprint density at radius 3 is 2.00 bits per heavy atom. The number of benzene rings is 2. The van der Waals surface area contributed by atoms with Crippen LogP contribution in [0, 0.1) is 0 Å². The van der Waals surface area contributed by atoms with Crippen molar-refractivity contribution in [1.82, 2.24) is 0 Å². The third kappa shape index (κ3) is 6.86. The number of hydrogen-bond donors (Lipinski definition) is 0. The molecular formula is C23H30O5P+. The van der Waals surface area contributed by atoms with Crippen LogP contribution in [0.2, 0.25) is 0 Å². The highest BCUT2D eigenvalue weighted by Gasteiger charge is 2.35. The van der Waals surface area contributed by atoms with Crippen molar-refractivity contribution in [2.24, 2.45) is 0 Å². The van der Waals surface area contributed by atoms with Gasteiger partial charge in [-0.15, -0.1) is 0 Å². The Hall–Kier alpha value is -2.39. The molecule has 0 radical (unpaired) electrons. The van der Waals surface area contributed by atoms with Crippen molar-refractivity contribution in [3.63, 3.8) is 0 Å². The molecule has 0 spiro atoms. The number of rotatable bonds is 13. The zero-order valence-corrected chi connectivity index (χ0v) is 18.4. The third-order valence-electron chi connectivity index (χ3n) is 4.82. The van der Waals surface area contributed by atoms with Gasteiger partial charge in [0.2, 0.25) is 0 Å². The molecule has 1 atom stereocenters. The highest BCUT2D eigenvalue weighted by molar-refractivity contribution is 7.64. The molecule has 2 aromatic rings. The summed E-state index contributed by atoms with van der Waals surface area (Å²) in [4.78, 5) is 12.7. The maximum absolute atomic E-state index is 12.7. The number of ether oxygens (including phenoxy) is 3. The summed E-state index contributed by atoms with van der Waals surface area (Å²) in [6.07, 6.45) is 6.58. The van der Waals surface area contributed by atoms with E-state index in [9.17, 15) is 9.36 Å². The van der Waals surface area contributed by atoms with Crippen LogP contribution in [0.25, 0.3) is 0 Å². The smallest absolute Gasteiger partial charge is 0.420 e. The van der Waals surface area contributed by atoms with E-state index in [2.05, 4.69) is 24.3 Å². The molecule has 1 unspecified atom stereocenters. The highest BCUT2D eigenvalue weighted by atomic mass is 31.1. The normalized spacial score (nSPS) is 11.1. The monoisotopic (exact) mass is 417 g/mol. The van der Waals surface area contributed by atoms with E-state index in [-0.39, 0.29) is 5.56 Å². The van der Waals surface area contributed by atoms with Gasteiger partial charge in [0.15, 0.2) is 11.7 Å². The number of carbonyl (C=O) groups is 1. The maximum atomic E-state index is 12.7. The minimum Gasteiger partial charge on any atom is -0.496 e. The van der Waals surface area contributed by atoms with Crippen LogP contribution in [0.5, 0.6) is 17.2 Å². The fourth-order valence-electron chi connectivity index (χ4n) is 3.20. The minimum absolute atomic E-state index is 0.222. The lowest BCUT2D eigenvalue weighted by molar-refractivity contribution is 0.107. The van der Waals surface area contributed by atoms with Crippen molar-refractivity contribution in [3.05, 3.63) is 53.6 Å². The summed E-state index contributed by atoms with van der Waals surface area (Å²) < 4.78 is 28.4. The summed E-state index contributed by atoms with van der Waals surface area (Å²) in [5, 5.41) is 0. The van der Waals surface area contributed by atoms with E-state index in [0.29, 0.717) is 23.4 Å². The van der Waals surface area contributed by atoms with Crippen molar-refractivity contribution < 1.29 is 23.6 Å². The number of methoxy groups -OCH3 is 3. The van der Waals surface area contributed by atoms with Gasteiger partial charge in [-0.05, 0) is 31.2 Å². The molecule has 0 amide bonds. The van der Waals surface area contributed by atoms with Gasteiger partial charge in [0.1, 0.15) is 17.2 Å². The fourth-order valence-corrected chi connectivity index (χ4v) is 4.39. The van der Waals surface area contributed by atoms with E-state index in [1.807, 2.05) is 6.07 Å². The number of hydrogen-bond acceptors (Lipinski definition) is 5. The van der Waals surface area contributed by atoms with Crippen molar-refractivity contribution >= 4 is 13.3 Å². The van der Waals surface area contributed by atoms with Crippen LogP contribution in [0.3, 0.4) is 0 Å². The lowest BCUT2D eigenvalue weighted by Gasteiger charge is -2.11. The Bertz CT molecular complexity index is 779. The van der Waals surface area contributed by atoms with E-state index in [1.54, 1.807) is 12.1 Å². The Morgan fingerprint density at radius 2 is 1.41 bits per heavy atom. The predicted octanol–water partition coefficient (Wildman–Crippen LogP) is 5.87. The standard InChI is InChI=1S/C23H30O5P/c1-26-19-16-20(27-2)22(21(17-19)28-3)23(24)29(25)15-11-6-4-5-8-12-18-13-9-7-10-14-18/h7,9-10,13-14,16-17H,4-6,8,11-12,15H2,1-3H3/q+1. The van der Waals surface area contributed by atoms with Crippen molar-refractivity contribution in [3.8, 4) is 17.2 Å². The zero-order chi connectivity index (χ0) is 21.1. The highest BCUT2D eigenvalue weighted by Crippen LogP contribution is 2.40. The molecule has 0 aromatic heterocycles. The lowest BCUT2D eigenvalue weighted by Crippen LogP contribution is -2.04. The molecule has 0 N–H and O–H groups in total. The molecule has 0 aliphatic heterocycles. The molecule has 156 valence electrons. The van der Waals surface area contributed by atoms with Gasteiger partial charge in [0.05, 0.1) is 21.3 Å². The Balaban J connectivity index is 1.80. The molecule has 0 bridgehead atoms. The first-order valence-corrected chi connectivity index (χ1v) is 11.4. The summed E-state index contributed by atoms with van der Waals surface area (Å²) in [7, 11) is 2.43. The molecule has 2 rings (SSSR count). The molecule has 2 aromatic carbocycles. The van der Waals surface area contributed by atoms with E-state index >= 15 is 0 Å². The molecule has 6 heteroatoms. The third-order valence-corrected chi connectivity index (χ3v) is 6.22. The SMILES string of the molecule is COc1cc(OC)c(C(=O)[P+](=O)CCCCCCCc2ccccc2)c(OC)c1. The van der Waals surface area contributed by atoms with Gasteiger partial charge < -0.3 is 14.2 Å². The summed E-state index contributed by atoms with van der Waals surface area (Å²) in [5.74, 6) is 1.15. The zero-order valence-electron chi connectivity index (χ0n) is 17.5. The van der Waals surface area contributed by atoms with Gasteiger partial charge in [0.25, 0.3) is 0 Å². The summed E-state index contributed by atoms with van der Waals surface area (Å²) in [5.41, 5.74) is 1.16. The summed E-state index contributed by atoms with van der Waals surface area (Å²) in [6.45, 7) is 0. The van der Waals surface area contributed by atoms with Crippen LogP contribution in [-0.2, 0) is 11.0 Å². The Morgan fingerprint density at radius 1 is 0.828 bits per heavy atom. The van der Waals surface area contributed by atoms with Crippen molar-refractivity contribution in [2.75, 3.05) is 27.5 Å². The molecule has 0 aliphatic rings. The number of unbranched alkanes of at least 4 members (excludes halogenated alkanes) is 4. The van der Waals surface area contributed by atoms with E-state index in [0.717, 1.165) is 38.5 Å². The van der Waals surface area contributed by atoms with Gasteiger partial charge in [-0.2, -0.15) is 0 Å². The molecular weight excluding hydrogens is 387 g/mol. The fraction of sp³-hybridized carbons (Fsp3) is 0.435. The Labute approximate surface area is 174 Å². The first-order valence-electron chi connectivity index (χ1n) is 9.93. The second kappa shape index (κ2) is 12.2. The van der Waals surface area contributed by atoms with Gasteiger partial charge in [-0.3, -0.25) is 0 Å². The molecule has 0 saturated heterocycles. The van der Waals surface area contributed by atoms with Gasteiger partial charge in [0, 0.05) is 12.1 Å². The lowest BCUT2D eigenvalue weighted by atomic mass is 10.1. The van der Waals surface area contributed by atoms with E-state index in [1.165, 1.54) is 26.9 Å². The quantitative estimate of drug-likeness (QED) is 0.301. The molecule has 29 heavy (non-hydrogen) atoms. The van der Waals surface area contributed by atoms with Crippen molar-refractivity contribution in [2.45, 2.75) is 38.5 Å². The molecule has 5 nitrogen and oxygen atoms in total. The van der Waals surface area contributed by atoms with Crippen LogP contribution in [0.15, 0.2) is 42.5 Å². The van der Waals surface area contributed by atoms with Crippen LogP contribution in [0.1, 0.15) is 48.0 Å². The number of carbonyl (C=O) groups excluding carboxylic acids is 1. The molecule has 0 saturated carbocycles. The topological polar surface area (TPSA) is 61.8 Å². The van der Waals surface area contributed by atoms with Crippen LogP contribution < -0.4 is 14.2 Å². The second-order valence-electron chi connectivity index (χ2n) is 6.82. The average molecular weight is 417 g/mol. The first-order chi connectivity index (χ1) is 14.1. The number of aryl methyl sites for hydroxylation is 1. The Kier molecular flexibility index (Phi) is 9.66. The predicted molar refractivity (Wildman–Crippen MR) is 116 cm³/mol. The maximum Gasteiger partial charge on any atom is 0.420 e. The van der Waals surface area contributed by atoms with Crippen LogP contribution in [-0.4, -0.2) is 33.0 Å².